The topological polar surface area (TPSA) is 80.8 Å². The van der Waals surface area contributed by atoms with Gasteiger partial charge in [0.15, 0.2) is 21.7 Å². The average molecular weight is 446 g/mol. The highest BCUT2D eigenvalue weighted by molar-refractivity contribution is 7.92. The number of likely N-dealkylation sites (N-methyl/N-ethyl adjacent to an activating group) is 1. The van der Waals surface area contributed by atoms with Gasteiger partial charge in [0.05, 0.1) is 4.90 Å². The van der Waals surface area contributed by atoms with Crippen LogP contribution in [0.2, 0.25) is 5.02 Å². The molecule has 0 saturated heterocycles. The zero-order valence-corrected chi connectivity index (χ0v) is 17.1. The number of ether oxygens (including phenoxy) is 1. The Labute approximate surface area is 171 Å². The Kier molecular flexibility index (Phi) is 7.32. The van der Waals surface area contributed by atoms with Gasteiger partial charge >= 0.3 is 5.97 Å². The van der Waals surface area contributed by atoms with E-state index in [0.717, 1.165) is 36.1 Å². The zero-order valence-electron chi connectivity index (χ0n) is 15.6. The monoisotopic (exact) mass is 445 g/mol. The van der Waals surface area contributed by atoms with E-state index >= 15 is 0 Å². The molecule has 0 fully saturated rings. The smallest absolute Gasteiger partial charge is 0.324 e. The van der Waals surface area contributed by atoms with Gasteiger partial charge in [-0.25, -0.2) is 17.2 Å². The fraction of sp³-hybridized carbons (Fsp3) is 0.263. The van der Waals surface area contributed by atoms with Crippen LogP contribution in [-0.4, -0.2) is 44.1 Å². The van der Waals surface area contributed by atoms with Crippen molar-refractivity contribution in [3.8, 4) is 0 Å². The average Bonchev–Trinajstić information content (AvgIpc) is 2.68. The lowest BCUT2D eigenvalue weighted by molar-refractivity contribution is -0.151. The van der Waals surface area contributed by atoms with Gasteiger partial charge in [0.2, 0.25) is 0 Å². The second kappa shape index (κ2) is 9.32. The Hall–Kier alpha value is -2.52. The number of rotatable bonds is 7. The predicted molar refractivity (Wildman–Crippen MR) is 102 cm³/mol. The zero-order chi connectivity index (χ0) is 21.8. The molecule has 2 aromatic carbocycles. The van der Waals surface area contributed by atoms with Gasteiger partial charge in [0, 0.05) is 24.2 Å². The maximum absolute atomic E-state index is 13.8. The van der Waals surface area contributed by atoms with Crippen LogP contribution in [0.3, 0.4) is 0 Å². The van der Waals surface area contributed by atoms with Crippen LogP contribution in [0.4, 0.5) is 8.78 Å². The summed E-state index contributed by atoms with van der Waals surface area (Å²) >= 11 is 5.91. The van der Waals surface area contributed by atoms with E-state index in [2.05, 4.69) is 0 Å². The minimum atomic E-state index is -4.12. The number of carbonyl (C=O) groups excluding carboxylic acids is 2. The van der Waals surface area contributed by atoms with Crippen molar-refractivity contribution in [1.29, 1.82) is 0 Å². The highest BCUT2D eigenvalue weighted by Crippen LogP contribution is 2.21. The first kappa shape index (κ1) is 22.8. The third kappa shape index (κ3) is 5.51. The second-order valence-corrected chi connectivity index (χ2v) is 8.87. The van der Waals surface area contributed by atoms with Crippen LogP contribution in [0.5, 0.6) is 0 Å². The molecule has 2 rings (SSSR count). The van der Waals surface area contributed by atoms with Crippen LogP contribution in [0.15, 0.2) is 47.4 Å². The minimum absolute atomic E-state index is 0.101. The molecule has 29 heavy (non-hydrogen) atoms. The number of amides is 1. The lowest BCUT2D eigenvalue weighted by Gasteiger charge is -2.19. The third-order valence-corrected chi connectivity index (χ3v) is 6.57. The van der Waals surface area contributed by atoms with Crippen molar-refractivity contribution >= 4 is 33.3 Å². The van der Waals surface area contributed by atoms with E-state index < -0.39 is 45.2 Å². The summed E-state index contributed by atoms with van der Waals surface area (Å²) in [5.41, 5.74) is 0.101. The summed E-state index contributed by atoms with van der Waals surface area (Å²) in [5, 5.41) is -1.47. The maximum atomic E-state index is 13.8. The Morgan fingerprint density at radius 1 is 1.14 bits per heavy atom. The molecule has 0 radical (unpaired) electrons. The molecule has 0 saturated carbocycles. The molecule has 156 valence electrons. The van der Waals surface area contributed by atoms with Gasteiger partial charge < -0.3 is 9.64 Å². The van der Waals surface area contributed by atoms with Gasteiger partial charge in [-0.3, -0.25) is 9.59 Å². The summed E-state index contributed by atoms with van der Waals surface area (Å²) in [7, 11) is -2.76. The molecule has 2 aromatic rings. The lowest BCUT2D eigenvalue weighted by Crippen LogP contribution is -2.35. The first-order chi connectivity index (χ1) is 13.5. The van der Waals surface area contributed by atoms with E-state index in [9.17, 15) is 26.8 Å². The number of sulfone groups is 1. The normalized spacial score (nSPS) is 12.3. The van der Waals surface area contributed by atoms with E-state index in [1.807, 2.05) is 0 Å². The number of hydrogen-bond acceptors (Lipinski definition) is 5. The van der Waals surface area contributed by atoms with Crippen LogP contribution >= 0.6 is 11.6 Å². The van der Waals surface area contributed by atoms with E-state index in [0.29, 0.717) is 0 Å². The third-order valence-electron chi connectivity index (χ3n) is 4.16. The highest BCUT2D eigenvalue weighted by atomic mass is 35.5. The molecule has 10 heteroatoms. The summed E-state index contributed by atoms with van der Waals surface area (Å²) in [4.78, 5) is 25.1. The van der Waals surface area contributed by atoms with Crippen molar-refractivity contribution < 1.29 is 31.5 Å². The van der Waals surface area contributed by atoms with Crippen molar-refractivity contribution in [2.45, 2.75) is 23.6 Å². The molecule has 0 unspecified atom stereocenters. The van der Waals surface area contributed by atoms with E-state index in [1.165, 1.54) is 25.2 Å². The molecule has 0 heterocycles. The number of nitrogens with zero attached hydrogens (tertiary/aromatic N) is 1. The lowest BCUT2D eigenvalue weighted by atomic mass is 10.2. The van der Waals surface area contributed by atoms with Crippen LogP contribution < -0.4 is 0 Å². The Morgan fingerprint density at radius 2 is 1.76 bits per heavy atom. The molecule has 0 aliphatic heterocycles. The van der Waals surface area contributed by atoms with Crippen molar-refractivity contribution in [2.24, 2.45) is 0 Å². The molecule has 1 atom stereocenters. The summed E-state index contributed by atoms with van der Waals surface area (Å²) in [5.74, 6) is -3.03. The number of carbonyl (C=O) groups is 2. The Bertz CT molecular complexity index is 992. The van der Waals surface area contributed by atoms with E-state index in [1.54, 1.807) is 0 Å². The highest BCUT2D eigenvalue weighted by Gasteiger charge is 2.31. The number of halogens is 3. The first-order valence-electron chi connectivity index (χ1n) is 8.37. The fourth-order valence-electron chi connectivity index (χ4n) is 2.32. The molecule has 0 aromatic heterocycles. The minimum Gasteiger partial charge on any atom is -0.455 e. The summed E-state index contributed by atoms with van der Waals surface area (Å²) in [6, 6.07) is 8.07. The Morgan fingerprint density at radius 3 is 2.34 bits per heavy atom. The second-order valence-electron chi connectivity index (χ2n) is 6.20. The summed E-state index contributed by atoms with van der Waals surface area (Å²) in [6.07, 6.45) is 0. The van der Waals surface area contributed by atoms with Gasteiger partial charge in [-0.05, 0) is 43.3 Å². The van der Waals surface area contributed by atoms with Crippen molar-refractivity contribution in [2.75, 3.05) is 13.7 Å². The number of esters is 1. The molecule has 0 spiro atoms. The molecule has 0 aliphatic carbocycles. The molecule has 0 N–H and O–H groups in total. The van der Waals surface area contributed by atoms with Gasteiger partial charge in [0.25, 0.3) is 5.91 Å². The number of benzene rings is 2. The van der Waals surface area contributed by atoms with Crippen LogP contribution in [0, 0.1) is 11.6 Å². The van der Waals surface area contributed by atoms with Gasteiger partial charge in [-0.15, -0.1) is 0 Å². The summed E-state index contributed by atoms with van der Waals surface area (Å²) in [6.45, 7) is 0.213. The van der Waals surface area contributed by atoms with E-state index in [-0.39, 0.29) is 22.0 Å². The van der Waals surface area contributed by atoms with E-state index in [4.69, 9.17) is 16.3 Å². The molecule has 0 aliphatic rings. The quantitative estimate of drug-likeness (QED) is 0.483. The van der Waals surface area contributed by atoms with Crippen molar-refractivity contribution in [1.82, 2.24) is 4.90 Å². The fourth-order valence-corrected chi connectivity index (χ4v) is 3.79. The van der Waals surface area contributed by atoms with Crippen LogP contribution in [0.25, 0.3) is 0 Å². The Balaban J connectivity index is 1.98. The van der Waals surface area contributed by atoms with Gasteiger partial charge in [-0.1, -0.05) is 17.7 Å². The summed E-state index contributed by atoms with van der Waals surface area (Å²) < 4.78 is 56.4. The molecular weight excluding hydrogens is 428 g/mol. The van der Waals surface area contributed by atoms with Crippen molar-refractivity contribution in [3.05, 3.63) is 64.7 Å². The standard InChI is InChI=1S/C19H18ClF2NO5S/c1-12(29(26,27)14-8-6-13(21)7-9-14)19(25)28-11-18(24)23(2)10-15-16(20)4-3-5-17(15)22/h3-9,12H,10-11H2,1-2H3/t12-/m1/s1. The first-order valence-corrected chi connectivity index (χ1v) is 10.3. The van der Waals surface area contributed by atoms with Crippen molar-refractivity contribution in [3.63, 3.8) is 0 Å². The van der Waals surface area contributed by atoms with Gasteiger partial charge in [0.1, 0.15) is 11.6 Å². The molecular formula is C19H18ClF2NO5S. The molecule has 0 bridgehead atoms. The molecule has 1 amide bonds. The molecule has 6 nitrogen and oxygen atoms in total. The largest absolute Gasteiger partial charge is 0.455 e. The maximum Gasteiger partial charge on any atom is 0.324 e. The SMILES string of the molecule is C[C@H](C(=O)OCC(=O)N(C)Cc1c(F)cccc1Cl)S(=O)(=O)c1ccc(F)cc1. The number of hydrogen-bond donors (Lipinski definition) is 0. The van der Waals surface area contributed by atoms with Crippen LogP contribution in [-0.2, 0) is 30.7 Å². The van der Waals surface area contributed by atoms with Crippen LogP contribution in [0.1, 0.15) is 12.5 Å². The van der Waals surface area contributed by atoms with Gasteiger partial charge in [-0.2, -0.15) is 0 Å². The predicted octanol–water partition coefficient (Wildman–Crippen LogP) is 2.98.